The maximum atomic E-state index is 11.7. The fraction of sp³-hybridized carbons (Fsp3) is 0.929. The molecule has 0 aromatic rings. The molecule has 1 atom stereocenters. The molecule has 1 rings (SSSR count). The first-order chi connectivity index (χ1) is 8.61. The van der Waals surface area contributed by atoms with Crippen molar-refractivity contribution >= 4 is 5.97 Å². The molecule has 0 aromatic heterocycles. The van der Waals surface area contributed by atoms with Gasteiger partial charge in [-0.3, -0.25) is 4.79 Å². The van der Waals surface area contributed by atoms with Gasteiger partial charge in [-0.2, -0.15) is 0 Å². The lowest BCUT2D eigenvalue weighted by molar-refractivity contribution is -0.143. The predicted molar refractivity (Wildman–Crippen MR) is 71.5 cm³/mol. The average molecular weight is 257 g/mol. The third-order valence-electron chi connectivity index (χ3n) is 3.81. The lowest BCUT2D eigenvalue weighted by Crippen LogP contribution is -2.45. The smallest absolute Gasteiger partial charge is 0.322 e. The van der Waals surface area contributed by atoms with Crippen molar-refractivity contribution in [2.75, 3.05) is 26.9 Å². The summed E-state index contributed by atoms with van der Waals surface area (Å²) in [6.07, 6.45) is 5.12. The summed E-state index contributed by atoms with van der Waals surface area (Å²) < 4.78 is 10.2. The highest BCUT2D eigenvalue weighted by atomic mass is 16.5. The van der Waals surface area contributed by atoms with E-state index in [1.807, 2.05) is 0 Å². The summed E-state index contributed by atoms with van der Waals surface area (Å²) >= 11 is 0. The van der Waals surface area contributed by atoms with Crippen LogP contribution >= 0.6 is 0 Å². The van der Waals surface area contributed by atoms with E-state index in [-0.39, 0.29) is 17.4 Å². The first-order valence-corrected chi connectivity index (χ1v) is 7.00. The normalized spacial score (nSPS) is 20.4. The molecule has 0 aliphatic carbocycles. The van der Waals surface area contributed by atoms with Gasteiger partial charge in [-0.05, 0) is 24.7 Å². The van der Waals surface area contributed by atoms with Crippen molar-refractivity contribution in [3.05, 3.63) is 0 Å². The Kier molecular flexibility index (Phi) is 6.65. The fourth-order valence-corrected chi connectivity index (χ4v) is 2.26. The third-order valence-corrected chi connectivity index (χ3v) is 3.81. The van der Waals surface area contributed by atoms with Gasteiger partial charge in [0.25, 0.3) is 0 Å². The Hall–Kier alpha value is -0.610. The summed E-state index contributed by atoms with van der Waals surface area (Å²) in [6, 6.07) is -0.158. The van der Waals surface area contributed by atoms with Crippen molar-refractivity contribution in [1.82, 2.24) is 5.32 Å². The van der Waals surface area contributed by atoms with Gasteiger partial charge < -0.3 is 14.8 Å². The van der Waals surface area contributed by atoms with Gasteiger partial charge in [-0.15, -0.1) is 0 Å². The van der Waals surface area contributed by atoms with Crippen molar-refractivity contribution in [3.8, 4) is 0 Å². The Balaban J connectivity index is 2.42. The SMILES string of the molecule is CCCCC(NCC1(C)CCOCC1)C(=O)OC. The largest absolute Gasteiger partial charge is 0.468 e. The number of ether oxygens (including phenoxy) is 2. The first-order valence-electron chi connectivity index (χ1n) is 7.00. The molecule has 1 aliphatic heterocycles. The Morgan fingerprint density at radius 1 is 1.44 bits per heavy atom. The third kappa shape index (κ3) is 4.94. The second-order valence-electron chi connectivity index (χ2n) is 5.52. The van der Waals surface area contributed by atoms with Gasteiger partial charge in [-0.25, -0.2) is 0 Å². The Morgan fingerprint density at radius 2 is 2.11 bits per heavy atom. The van der Waals surface area contributed by atoms with E-state index in [0.29, 0.717) is 0 Å². The van der Waals surface area contributed by atoms with Crippen LogP contribution in [-0.2, 0) is 14.3 Å². The zero-order valence-electron chi connectivity index (χ0n) is 12.0. The van der Waals surface area contributed by atoms with Crippen LogP contribution < -0.4 is 5.32 Å². The molecule has 0 bridgehead atoms. The minimum atomic E-state index is -0.158. The van der Waals surface area contributed by atoms with Crippen molar-refractivity contribution in [1.29, 1.82) is 0 Å². The van der Waals surface area contributed by atoms with Gasteiger partial charge in [0.1, 0.15) is 6.04 Å². The number of unbranched alkanes of at least 4 members (excludes halogenated alkanes) is 1. The number of hydrogen-bond donors (Lipinski definition) is 1. The molecule has 0 radical (unpaired) electrons. The van der Waals surface area contributed by atoms with Crippen molar-refractivity contribution in [2.24, 2.45) is 5.41 Å². The molecule has 1 N–H and O–H groups in total. The summed E-state index contributed by atoms with van der Waals surface area (Å²) in [7, 11) is 1.46. The number of esters is 1. The van der Waals surface area contributed by atoms with E-state index in [1.54, 1.807) is 0 Å². The highest BCUT2D eigenvalue weighted by molar-refractivity contribution is 5.75. The van der Waals surface area contributed by atoms with Crippen LogP contribution in [0, 0.1) is 5.41 Å². The lowest BCUT2D eigenvalue weighted by Gasteiger charge is -2.34. The van der Waals surface area contributed by atoms with E-state index in [4.69, 9.17) is 9.47 Å². The van der Waals surface area contributed by atoms with Crippen LogP contribution in [0.4, 0.5) is 0 Å². The summed E-state index contributed by atoms with van der Waals surface area (Å²) in [4.78, 5) is 11.7. The second kappa shape index (κ2) is 7.74. The highest BCUT2D eigenvalue weighted by Crippen LogP contribution is 2.28. The van der Waals surface area contributed by atoms with E-state index in [9.17, 15) is 4.79 Å². The van der Waals surface area contributed by atoms with Gasteiger partial charge in [0.05, 0.1) is 7.11 Å². The standard InChI is InChI=1S/C14H27NO3/c1-4-5-6-12(13(16)17-3)15-11-14(2)7-9-18-10-8-14/h12,15H,4-11H2,1-3H3. The van der Waals surface area contributed by atoms with E-state index in [1.165, 1.54) is 7.11 Å². The Labute approximate surface area is 110 Å². The molecule has 0 spiro atoms. The van der Waals surface area contributed by atoms with Crippen LogP contribution in [0.25, 0.3) is 0 Å². The summed E-state index contributed by atoms with van der Waals surface area (Å²) in [6.45, 7) is 6.91. The molecule has 0 saturated carbocycles. The molecule has 0 amide bonds. The second-order valence-corrected chi connectivity index (χ2v) is 5.52. The maximum Gasteiger partial charge on any atom is 0.322 e. The van der Waals surface area contributed by atoms with Crippen molar-refractivity contribution in [3.63, 3.8) is 0 Å². The number of nitrogens with one attached hydrogen (secondary N) is 1. The van der Waals surface area contributed by atoms with Gasteiger partial charge in [0.2, 0.25) is 0 Å². The number of hydrogen-bond acceptors (Lipinski definition) is 4. The summed E-state index contributed by atoms with van der Waals surface area (Å²) in [5.74, 6) is -0.140. The number of carbonyl (C=O) groups excluding carboxylic acids is 1. The van der Waals surface area contributed by atoms with Crippen molar-refractivity contribution in [2.45, 2.75) is 52.0 Å². The topological polar surface area (TPSA) is 47.6 Å². The van der Waals surface area contributed by atoms with Crippen molar-refractivity contribution < 1.29 is 14.3 Å². The molecule has 1 aliphatic rings. The van der Waals surface area contributed by atoms with E-state index in [2.05, 4.69) is 19.2 Å². The first kappa shape index (κ1) is 15.4. The van der Waals surface area contributed by atoms with Gasteiger partial charge in [0, 0.05) is 19.8 Å². The van der Waals surface area contributed by atoms with Gasteiger partial charge >= 0.3 is 5.97 Å². The fourth-order valence-electron chi connectivity index (χ4n) is 2.26. The highest BCUT2D eigenvalue weighted by Gasteiger charge is 2.29. The van der Waals surface area contributed by atoms with Crippen LogP contribution in [0.2, 0.25) is 0 Å². The Morgan fingerprint density at radius 3 is 2.67 bits per heavy atom. The van der Waals surface area contributed by atoms with E-state index in [0.717, 1.165) is 51.9 Å². The molecular weight excluding hydrogens is 230 g/mol. The zero-order valence-corrected chi connectivity index (χ0v) is 12.0. The minimum absolute atomic E-state index is 0.140. The average Bonchev–Trinajstić information content (AvgIpc) is 2.39. The quantitative estimate of drug-likeness (QED) is 0.710. The van der Waals surface area contributed by atoms with Crippen LogP contribution in [0.5, 0.6) is 0 Å². The summed E-state index contributed by atoms with van der Waals surface area (Å²) in [5.41, 5.74) is 0.247. The lowest BCUT2D eigenvalue weighted by atomic mass is 9.82. The maximum absolute atomic E-state index is 11.7. The minimum Gasteiger partial charge on any atom is -0.468 e. The van der Waals surface area contributed by atoms with Crippen LogP contribution in [-0.4, -0.2) is 38.9 Å². The number of methoxy groups -OCH3 is 1. The zero-order chi connectivity index (χ0) is 13.4. The Bertz CT molecular complexity index is 249. The van der Waals surface area contributed by atoms with Crippen LogP contribution in [0.3, 0.4) is 0 Å². The molecule has 1 fully saturated rings. The van der Waals surface area contributed by atoms with Gasteiger partial charge in [-0.1, -0.05) is 26.7 Å². The van der Waals surface area contributed by atoms with E-state index < -0.39 is 0 Å². The molecule has 1 heterocycles. The molecule has 1 saturated heterocycles. The number of rotatable bonds is 7. The van der Waals surface area contributed by atoms with E-state index >= 15 is 0 Å². The van der Waals surface area contributed by atoms with Gasteiger partial charge in [0.15, 0.2) is 0 Å². The molecule has 1 unspecified atom stereocenters. The monoisotopic (exact) mass is 257 g/mol. The molecule has 106 valence electrons. The molecule has 18 heavy (non-hydrogen) atoms. The molecule has 4 nitrogen and oxygen atoms in total. The summed E-state index contributed by atoms with van der Waals surface area (Å²) in [5, 5.41) is 3.39. The van der Waals surface area contributed by atoms with Crippen LogP contribution in [0.1, 0.15) is 46.0 Å². The number of carbonyl (C=O) groups is 1. The van der Waals surface area contributed by atoms with Crippen LogP contribution in [0.15, 0.2) is 0 Å². The molecule has 0 aromatic carbocycles. The molecule has 4 heteroatoms. The molecular formula is C14H27NO3. The predicted octanol–water partition coefficient (Wildman–Crippen LogP) is 2.12.